The van der Waals surface area contributed by atoms with Gasteiger partial charge in [-0.3, -0.25) is 4.79 Å². The third-order valence-corrected chi connectivity index (χ3v) is 10.9. The maximum absolute atomic E-state index is 11.7. The summed E-state index contributed by atoms with van der Waals surface area (Å²) in [5.74, 6) is 1.62. The molecule has 0 bridgehead atoms. The monoisotopic (exact) mass is 911 g/mol. The van der Waals surface area contributed by atoms with E-state index >= 15 is 0 Å². The van der Waals surface area contributed by atoms with Crippen molar-refractivity contribution in [1.29, 1.82) is 0 Å². The number of rotatable bonds is 12. The van der Waals surface area contributed by atoms with E-state index in [0.717, 1.165) is 82.7 Å². The summed E-state index contributed by atoms with van der Waals surface area (Å²) in [5, 5.41) is 19.7. The van der Waals surface area contributed by atoms with Crippen LogP contribution in [0.3, 0.4) is 0 Å². The predicted molar refractivity (Wildman–Crippen MR) is 229 cm³/mol. The van der Waals surface area contributed by atoms with Crippen LogP contribution in [0.5, 0.6) is 0 Å². The Morgan fingerprint density at radius 2 is 1.27 bits per heavy atom. The predicted octanol–water partition coefficient (Wildman–Crippen LogP) is 14.2. The number of aliphatic hydroxyl groups is 1. The molecule has 5 aromatic carbocycles. The quantitative estimate of drug-likeness (QED) is 0.0574. The Hall–Kier alpha value is -4.31. The average Bonchev–Trinajstić information content (AvgIpc) is 3.54. The van der Waals surface area contributed by atoms with Gasteiger partial charge in [-0.05, 0) is 112 Å². The molecule has 0 atom stereocenters. The first-order valence-corrected chi connectivity index (χ1v) is 20.1. The molecule has 55 heavy (non-hydrogen) atoms. The molecule has 0 amide bonds. The molecular weight excluding hydrogens is 855 g/mol. The molecule has 0 aliphatic rings. The van der Waals surface area contributed by atoms with Crippen molar-refractivity contribution < 1.29 is 34.4 Å². The van der Waals surface area contributed by atoms with E-state index < -0.39 is 0 Å². The Labute approximate surface area is 340 Å². The number of carbonyl (C=O) groups is 1. The summed E-state index contributed by atoms with van der Waals surface area (Å²) in [7, 11) is 0. The fourth-order valence-electron chi connectivity index (χ4n) is 8.03. The molecule has 5 heteroatoms. The minimum absolute atomic E-state index is 0. The summed E-state index contributed by atoms with van der Waals surface area (Å²) in [6.07, 6.45) is 8.83. The molecule has 2 aromatic heterocycles. The zero-order valence-electron chi connectivity index (χ0n) is 33.8. The number of aliphatic hydroxyl groups excluding tert-OH is 1. The van der Waals surface area contributed by atoms with E-state index in [1.54, 1.807) is 0 Å². The van der Waals surface area contributed by atoms with Gasteiger partial charge >= 0.3 is 0 Å². The molecule has 1 radical (unpaired) electrons. The maximum atomic E-state index is 11.7. The van der Waals surface area contributed by atoms with Crippen LogP contribution in [0.15, 0.2) is 101 Å². The van der Waals surface area contributed by atoms with E-state index in [2.05, 4.69) is 107 Å². The third kappa shape index (κ3) is 8.90. The molecule has 1 N–H and O–H groups in total. The molecule has 7 rings (SSSR count). The van der Waals surface area contributed by atoms with E-state index in [1.165, 1.54) is 38.6 Å². The Bertz CT molecular complexity index is 2450. The van der Waals surface area contributed by atoms with Crippen LogP contribution in [0.4, 0.5) is 0 Å². The van der Waals surface area contributed by atoms with Crippen LogP contribution in [0.1, 0.15) is 92.2 Å². The molecular formula is C50H56IrNO3-. The van der Waals surface area contributed by atoms with E-state index in [-0.39, 0.29) is 43.5 Å². The second kappa shape index (κ2) is 18.5. The van der Waals surface area contributed by atoms with E-state index in [4.69, 9.17) is 9.40 Å². The van der Waals surface area contributed by atoms with Gasteiger partial charge in [-0.1, -0.05) is 121 Å². The molecule has 0 saturated carbocycles. The van der Waals surface area contributed by atoms with Gasteiger partial charge in [0.05, 0.1) is 11.3 Å². The van der Waals surface area contributed by atoms with Crippen LogP contribution in [0.25, 0.3) is 65.5 Å². The van der Waals surface area contributed by atoms with Gasteiger partial charge in [0.1, 0.15) is 5.58 Å². The van der Waals surface area contributed by atoms with E-state index in [1.807, 2.05) is 40.0 Å². The summed E-state index contributed by atoms with van der Waals surface area (Å²) < 4.78 is 6.35. The van der Waals surface area contributed by atoms with Gasteiger partial charge in [0.15, 0.2) is 5.78 Å². The summed E-state index contributed by atoms with van der Waals surface area (Å²) in [5.41, 5.74) is 6.41. The van der Waals surface area contributed by atoms with Crippen LogP contribution in [0, 0.1) is 29.7 Å². The third-order valence-electron chi connectivity index (χ3n) is 10.9. The van der Waals surface area contributed by atoms with Crippen molar-refractivity contribution in [2.24, 2.45) is 23.7 Å². The van der Waals surface area contributed by atoms with Gasteiger partial charge in [-0.25, -0.2) is 0 Å². The number of para-hydroxylation sites is 1. The van der Waals surface area contributed by atoms with Crippen LogP contribution in [0.2, 0.25) is 0 Å². The minimum Gasteiger partial charge on any atom is -0.512 e. The SMILES string of the molecule is CC(C)Cc1cc2c3ccnc(-c4[c-]c(CC(C)C)c5oc6ccccc6c5c4)c3ccc2c2ccccc12.CCC(CC)C(=O)/C=C(\O)C(CC)CC.[Ir]. The van der Waals surface area contributed by atoms with Gasteiger partial charge in [-0.15, -0.1) is 17.7 Å². The smallest absolute Gasteiger partial charge is 0.162 e. The number of furan rings is 1. The van der Waals surface area contributed by atoms with Crippen LogP contribution >= 0.6 is 0 Å². The number of aromatic nitrogens is 1. The van der Waals surface area contributed by atoms with E-state index in [0.29, 0.717) is 11.8 Å². The van der Waals surface area contributed by atoms with Crippen molar-refractivity contribution in [3.63, 3.8) is 0 Å². The summed E-state index contributed by atoms with van der Waals surface area (Å²) in [6, 6.07) is 32.3. The molecule has 0 spiro atoms. The topological polar surface area (TPSA) is 63.3 Å². The average molecular weight is 911 g/mol. The number of nitrogens with zero attached hydrogens (tertiary/aromatic N) is 1. The van der Waals surface area contributed by atoms with Gasteiger partial charge in [0, 0.05) is 49.6 Å². The van der Waals surface area contributed by atoms with Crippen LogP contribution in [-0.4, -0.2) is 15.9 Å². The maximum Gasteiger partial charge on any atom is 0.162 e. The Morgan fingerprint density at radius 3 is 1.93 bits per heavy atom. The van der Waals surface area contributed by atoms with Crippen molar-refractivity contribution in [1.82, 2.24) is 4.98 Å². The van der Waals surface area contributed by atoms with Crippen molar-refractivity contribution in [2.45, 2.75) is 93.9 Å². The number of fused-ring (bicyclic) bond motifs is 8. The Kier molecular flexibility index (Phi) is 14.1. The van der Waals surface area contributed by atoms with Crippen molar-refractivity contribution >= 4 is 60.0 Å². The zero-order chi connectivity index (χ0) is 38.5. The number of allylic oxidation sites excluding steroid dienone is 2. The molecule has 0 aliphatic heterocycles. The normalized spacial score (nSPS) is 12.1. The molecule has 2 heterocycles. The van der Waals surface area contributed by atoms with Crippen molar-refractivity contribution in [3.05, 3.63) is 114 Å². The van der Waals surface area contributed by atoms with Gasteiger partial charge in [-0.2, -0.15) is 0 Å². The van der Waals surface area contributed by atoms with Crippen molar-refractivity contribution in [2.75, 3.05) is 0 Å². The summed E-state index contributed by atoms with van der Waals surface area (Å²) >= 11 is 0. The molecule has 4 nitrogen and oxygen atoms in total. The first kappa shape index (κ1) is 41.8. The molecule has 0 unspecified atom stereocenters. The number of benzene rings is 5. The second-order valence-corrected chi connectivity index (χ2v) is 15.7. The largest absolute Gasteiger partial charge is 0.512 e. The molecule has 289 valence electrons. The Balaban J connectivity index is 0.000000311. The fourth-order valence-corrected chi connectivity index (χ4v) is 8.03. The number of hydrogen-bond donors (Lipinski definition) is 1. The van der Waals surface area contributed by atoms with Crippen LogP contribution in [-0.2, 0) is 37.7 Å². The first-order chi connectivity index (χ1) is 26.1. The molecule has 7 aromatic rings. The summed E-state index contributed by atoms with van der Waals surface area (Å²) in [6.45, 7) is 17.2. The first-order valence-electron chi connectivity index (χ1n) is 20.1. The number of hydrogen-bond acceptors (Lipinski definition) is 4. The number of carbonyl (C=O) groups excluding carboxylic acids is 1. The standard InChI is InChI=1S/C37H32NO.C13H24O2.Ir/c1-22(2)17-24-20-33-29(28-10-6-5-9-27(24)28)13-14-32-30(33)15-16-38-36(32)25-19-26(18-23(3)4)37-34(21-25)31-11-7-8-12-35(31)39-37;1-5-10(6-2)12(14)9-13(15)11(7-3)8-4;/h5-16,20-23H,17-18H2,1-4H3;9-11,14H,5-8H2,1-4H3;/q-1;;/b;12-9-;. The van der Waals surface area contributed by atoms with Gasteiger partial charge in [0.25, 0.3) is 0 Å². The second-order valence-electron chi connectivity index (χ2n) is 15.7. The minimum atomic E-state index is 0. The van der Waals surface area contributed by atoms with E-state index in [9.17, 15) is 9.90 Å². The zero-order valence-corrected chi connectivity index (χ0v) is 36.2. The number of ketones is 1. The van der Waals surface area contributed by atoms with Crippen molar-refractivity contribution in [3.8, 4) is 11.3 Å². The molecule has 0 fully saturated rings. The number of pyridine rings is 1. The summed E-state index contributed by atoms with van der Waals surface area (Å²) in [4.78, 5) is 16.7. The van der Waals surface area contributed by atoms with Gasteiger partial charge in [0.2, 0.25) is 0 Å². The molecule has 0 aliphatic carbocycles. The fraction of sp³-hybridized carbons (Fsp3) is 0.360. The Morgan fingerprint density at radius 1 is 0.691 bits per heavy atom. The van der Waals surface area contributed by atoms with Gasteiger partial charge < -0.3 is 14.5 Å². The molecule has 0 saturated heterocycles. The van der Waals surface area contributed by atoms with Crippen LogP contribution < -0.4 is 0 Å².